The number of nitrogens with zero attached hydrogens (tertiary/aromatic N) is 1. The first-order valence-electron chi connectivity index (χ1n) is 7.81. The van der Waals surface area contributed by atoms with Gasteiger partial charge in [-0.2, -0.15) is 0 Å². The highest BCUT2D eigenvalue weighted by atomic mass is 35.5. The van der Waals surface area contributed by atoms with Crippen molar-refractivity contribution in [2.24, 2.45) is 0 Å². The first-order valence-corrected chi connectivity index (χ1v) is 8.19. The Kier molecular flexibility index (Phi) is 2.96. The fourth-order valence-electron chi connectivity index (χ4n) is 3.19. The van der Waals surface area contributed by atoms with Crippen LogP contribution in [-0.2, 0) is 0 Å². The van der Waals surface area contributed by atoms with Crippen LogP contribution in [0.1, 0.15) is 0 Å². The second-order valence-electron chi connectivity index (χ2n) is 5.86. The molecule has 0 aliphatic rings. The Balaban J connectivity index is 1.94. The maximum Gasteiger partial charge on any atom is 0.294 e. The number of hydrogen-bond donors (Lipinski definition) is 1. The molecule has 0 aliphatic heterocycles. The Bertz CT molecular complexity index is 1330. The molecule has 4 nitrogen and oxygen atoms in total. The van der Waals surface area contributed by atoms with Crippen LogP contribution in [0.5, 0.6) is 0 Å². The van der Waals surface area contributed by atoms with Gasteiger partial charge in [-0.1, -0.05) is 54.1 Å². The van der Waals surface area contributed by atoms with Crippen molar-refractivity contribution < 1.29 is 4.42 Å². The number of aromatic amines is 1. The lowest BCUT2D eigenvalue weighted by molar-refractivity contribution is 0.661. The van der Waals surface area contributed by atoms with Crippen LogP contribution in [0.2, 0.25) is 5.02 Å². The van der Waals surface area contributed by atoms with E-state index in [1.165, 1.54) is 0 Å². The Hall–Kier alpha value is -3.11. The largest absolute Gasteiger partial charge is 0.448 e. The second kappa shape index (κ2) is 5.19. The van der Waals surface area contributed by atoms with Gasteiger partial charge in [0, 0.05) is 10.6 Å². The van der Waals surface area contributed by atoms with E-state index in [1.54, 1.807) is 12.1 Å². The third-order valence-corrected chi connectivity index (χ3v) is 4.55. The summed E-state index contributed by atoms with van der Waals surface area (Å²) >= 11 is 6.07. The van der Waals surface area contributed by atoms with Crippen LogP contribution < -0.4 is 5.56 Å². The number of halogens is 1. The van der Waals surface area contributed by atoms with E-state index in [4.69, 9.17) is 16.0 Å². The first-order chi connectivity index (χ1) is 12.2. The smallest absolute Gasteiger partial charge is 0.294 e. The minimum absolute atomic E-state index is 0.233. The summed E-state index contributed by atoms with van der Waals surface area (Å²) in [6.45, 7) is 0. The van der Waals surface area contributed by atoms with Gasteiger partial charge in [-0.05, 0) is 29.0 Å². The first kappa shape index (κ1) is 14.3. The van der Waals surface area contributed by atoms with Crippen LogP contribution in [-0.4, -0.2) is 9.97 Å². The molecule has 0 saturated heterocycles. The molecule has 0 saturated carbocycles. The molecule has 2 heterocycles. The van der Waals surface area contributed by atoms with E-state index in [-0.39, 0.29) is 11.1 Å². The molecule has 5 heteroatoms. The number of furan rings is 1. The van der Waals surface area contributed by atoms with Crippen molar-refractivity contribution in [3.63, 3.8) is 0 Å². The number of nitrogens with one attached hydrogen (secondary N) is 1. The zero-order chi connectivity index (χ0) is 17.0. The highest BCUT2D eigenvalue weighted by molar-refractivity contribution is 6.30. The summed E-state index contributed by atoms with van der Waals surface area (Å²) in [7, 11) is 0. The molecule has 5 rings (SSSR count). The zero-order valence-corrected chi connectivity index (χ0v) is 13.7. The normalized spacial score (nSPS) is 11.6. The number of hydrogen-bond acceptors (Lipinski definition) is 3. The van der Waals surface area contributed by atoms with Gasteiger partial charge in [-0.25, -0.2) is 4.98 Å². The summed E-state index contributed by atoms with van der Waals surface area (Å²) < 4.78 is 5.77. The summed E-state index contributed by atoms with van der Waals surface area (Å²) in [4.78, 5) is 20.0. The topological polar surface area (TPSA) is 58.9 Å². The SMILES string of the molecule is O=c1[nH]c(-c2cccc(Cl)c2)nc2c1oc1ccc3ccccc3c12. The molecule has 2 aromatic heterocycles. The number of H-pyrrole nitrogens is 1. The van der Waals surface area contributed by atoms with Gasteiger partial charge in [0.05, 0.1) is 5.39 Å². The van der Waals surface area contributed by atoms with E-state index in [9.17, 15) is 4.79 Å². The minimum Gasteiger partial charge on any atom is -0.448 e. The van der Waals surface area contributed by atoms with Gasteiger partial charge in [0.2, 0.25) is 5.58 Å². The van der Waals surface area contributed by atoms with Crippen LogP contribution in [0, 0.1) is 0 Å². The molecule has 1 N–H and O–H groups in total. The fraction of sp³-hybridized carbons (Fsp3) is 0. The van der Waals surface area contributed by atoms with Crippen LogP contribution in [0.3, 0.4) is 0 Å². The third kappa shape index (κ3) is 2.15. The molecule has 0 radical (unpaired) electrons. The number of rotatable bonds is 1. The average molecular weight is 347 g/mol. The predicted octanol–water partition coefficient (Wildman–Crippen LogP) is 5.14. The molecule has 0 atom stereocenters. The van der Waals surface area contributed by atoms with Gasteiger partial charge in [-0.3, -0.25) is 4.79 Å². The van der Waals surface area contributed by atoms with Crippen molar-refractivity contribution in [2.75, 3.05) is 0 Å². The number of aromatic nitrogens is 2. The fourth-order valence-corrected chi connectivity index (χ4v) is 3.38. The lowest BCUT2D eigenvalue weighted by atomic mass is 10.1. The van der Waals surface area contributed by atoms with Gasteiger partial charge in [0.25, 0.3) is 5.56 Å². The molecular weight excluding hydrogens is 336 g/mol. The standard InChI is InChI=1S/C20H11ClN2O2/c21-13-6-3-5-12(10-13)19-22-17-16-14-7-2-1-4-11(14)8-9-15(16)25-18(17)20(24)23-19/h1-10H,(H,22,23,24). The van der Waals surface area contributed by atoms with Gasteiger partial charge in [0.1, 0.15) is 16.9 Å². The van der Waals surface area contributed by atoms with Crippen LogP contribution in [0.4, 0.5) is 0 Å². The molecule has 25 heavy (non-hydrogen) atoms. The molecule has 120 valence electrons. The molecular formula is C20H11ClN2O2. The highest BCUT2D eigenvalue weighted by Gasteiger charge is 2.16. The summed E-state index contributed by atoms with van der Waals surface area (Å²) in [5, 5.41) is 3.52. The molecule has 3 aromatic carbocycles. The molecule has 0 amide bonds. The molecule has 5 aromatic rings. The monoisotopic (exact) mass is 346 g/mol. The predicted molar refractivity (Wildman–Crippen MR) is 100 cm³/mol. The Morgan fingerprint density at radius 3 is 2.76 bits per heavy atom. The molecule has 0 spiro atoms. The van der Waals surface area contributed by atoms with Crippen LogP contribution >= 0.6 is 11.6 Å². The summed E-state index contributed by atoms with van der Waals surface area (Å²) in [5.74, 6) is 0.468. The lowest BCUT2D eigenvalue weighted by Gasteiger charge is -2.02. The van der Waals surface area contributed by atoms with E-state index >= 15 is 0 Å². The summed E-state index contributed by atoms with van der Waals surface area (Å²) in [6.07, 6.45) is 0. The molecule has 0 fully saturated rings. The third-order valence-electron chi connectivity index (χ3n) is 4.31. The number of fused-ring (bicyclic) bond motifs is 5. The van der Waals surface area contributed by atoms with Crippen molar-refractivity contribution in [2.45, 2.75) is 0 Å². The van der Waals surface area contributed by atoms with Crippen molar-refractivity contribution in [3.05, 3.63) is 76.0 Å². The van der Waals surface area contributed by atoms with E-state index in [2.05, 4.69) is 9.97 Å². The van der Waals surface area contributed by atoms with Crippen molar-refractivity contribution in [3.8, 4) is 11.4 Å². The minimum atomic E-state index is -0.305. The Morgan fingerprint density at radius 2 is 1.88 bits per heavy atom. The van der Waals surface area contributed by atoms with E-state index in [0.717, 1.165) is 21.7 Å². The van der Waals surface area contributed by atoms with Gasteiger partial charge in [-0.15, -0.1) is 0 Å². The maximum atomic E-state index is 12.5. The average Bonchev–Trinajstić information content (AvgIpc) is 3.01. The number of benzene rings is 3. The van der Waals surface area contributed by atoms with Crippen LogP contribution in [0.15, 0.2) is 69.9 Å². The Labute approximate surface area is 146 Å². The van der Waals surface area contributed by atoms with E-state index in [0.29, 0.717) is 21.9 Å². The summed E-state index contributed by atoms with van der Waals surface area (Å²) in [5.41, 5.74) is 1.89. The molecule has 0 bridgehead atoms. The van der Waals surface area contributed by atoms with Crippen molar-refractivity contribution >= 4 is 44.4 Å². The zero-order valence-electron chi connectivity index (χ0n) is 12.9. The van der Waals surface area contributed by atoms with E-state index in [1.807, 2.05) is 48.5 Å². The van der Waals surface area contributed by atoms with E-state index < -0.39 is 0 Å². The Morgan fingerprint density at radius 1 is 1.00 bits per heavy atom. The molecule has 0 aliphatic carbocycles. The second-order valence-corrected chi connectivity index (χ2v) is 6.30. The quantitative estimate of drug-likeness (QED) is 0.457. The lowest BCUT2D eigenvalue weighted by Crippen LogP contribution is -2.08. The van der Waals surface area contributed by atoms with Gasteiger partial charge >= 0.3 is 0 Å². The summed E-state index contributed by atoms with van der Waals surface area (Å²) in [6, 6.07) is 19.1. The van der Waals surface area contributed by atoms with Crippen LogP contribution in [0.25, 0.3) is 44.2 Å². The maximum absolute atomic E-state index is 12.5. The highest BCUT2D eigenvalue weighted by Crippen LogP contribution is 2.33. The van der Waals surface area contributed by atoms with Crippen molar-refractivity contribution in [1.82, 2.24) is 9.97 Å². The van der Waals surface area contributed by atoms with Crippen molar-refractivity contribution in [1.29, 1.82) is 0 Å². The van der Waals surface area contributed by atoms with Gasteiger partial charge in [0.15, 0.2) is 0 Å². The molecule has 0 unspecified atom stereocenters. The van der Waals surface area contributed by atoms with Gasteiger partial charge < -0.3 is 9.40 Å².